The van der Waals surface area contributed by atoms with Gasteiger partial charge in [-0.2, -0.15) is 12.6 Å². The number of halogens is 2. The lowest BCUT2D eigenvalue weighted by Crippen LogP contribution is -2.08. The molecule has 0 amide bonds. The Bertz CT molecular complexity index is 278. The molecule has 0 saturated heterocycles. The molecule has 0 aliphatic carbocycles. The summed E-state index contributed by atoms with van der Waals surface area (Å²) in [5, 5.41) is -0.370. The first kappa shape index (κ1) is 9.48. The zero-order valence-electron chi connectivity index (χ0n) is 6.30. The Morgan fingerprint density at radius 2 is 2.08 bits per heavy atom. The van der Waals surface area contributed by atoms with Gasteiger partial charge in [0.25, 0.3) is 0 Å². The molecule has 0 spiro atoms. The van der Waals surface area contributed by atoms with Gasteiger partial charge in [-0.3, -0.25) is 0 Å². The smallest absolute Gasteiger partial charge is 0.130 e. The molecule has 1 aromatic carbocycles. The molecule has 1 unspecified atom stereocenters. The zero-order valence-corrected chi connectivity index (χ0v) is 7.19. The van der Waals surface area contributed by atoms with E-state index in [1.54, 1.807) is 0 Å². The summed E-state index contributed by atoms with van der Waals surface area (Å²) in [5.74, 6) is -1.19. The SMILES string of the molecule is NCC(S)c1ccc(F)cc1F. The number of nitrogens with two attached hydrogens (primary N) is 1. The molecule has 0 radical (unpaired) electrons. The van der Waals surface area contributed by atoms with Crippen LogP contribution in [0.15, 0.2) is 18.2 Å². The Morgan fingerprint density at radius 3 is 2.58 bits per heavy atom. The quantitative estimate of drug-likeness (QED) is 0.683. The molecule has 0 aromatic heterocycles. The van der Waals surface area contributed by atoms with Gasteiger partial charge in [0.1, 0.15) is 11.6 Å². The number of thiol groups is 1. The molecule has 4 heteroatoms. The third kappa shape index (κ3) is 1.95. The molecule has 1 aromatic rings. The van der Waals surface area contributed by atoms with Gasteiger partial charge < -0.3 is 5.73 Å². The van der Waals surface area contributed by atoms with Gasteiger partial charge in [-0.25, -0.2) is 8.78 Å². The number of hydrogen-bond acceptors (Lipinski definition) is 2. The third-order valence-corrected chi connectivity index (χ3v) is 2.03. The summed E-state index contributed by atoms with van der Waals surface area (Å²) in [5.41, 5.74) is 5.61. The van der Waals surface area contributed by atoms with Gasteiger partial charge in [-0.15, -0.1) is 0 Å². The highest BCUT2D eigenvalue weighted by molar-refractivity contribution is 7.80. The van der Waals surface area contributed by atoms with E-state index in [0.717, 1.165) is 6.07 Å². The monoisotopic (exact) mass is 189 g/mol. The van der Waals surface area contributed by atoms with Crippen LogP contribution in [0.3, 0.4) is 0 Å². The lowest BCUT2D eigenvalue weighted by atomic mass is 10.1. The number of rotatable bonds is 2. The fraction of sp³-hybridized carbons (Fsp3) is 0.250. The topological polar surface area (TPSA) is 26.0 Å². The van der Waals surface area contributed by atoms with E-state index in [4.69, 9.17) is 5.73 Å². The highest BCUT2D eigenvalue weighted by Crippen LogP contribution is 2.21. The third-order valence-electron chi connectivity index (χ3n) is 1.54. The second kappa shape index (κ2) is 3.87. The first-order valence-corrected chi connectivity index (χ1v) is 4.00. The highest BCUT2D eigenvalue weighted by atomic mass is 32.1. The Hall–Kier alpha value is -0.610. The van der Waals surface area contributed by atoms with Crippen LogP contribution in [0.4, 0.5) is 8.78 Å². The van der Waals surface area contributed by atoms with Crippen LogP contribution in [0.25, 0.3) is 0 Å². The normalized spacial score (nSPS) is 13.0. The maximum absolute atomic E-state index is 12.9. The van der Waals surface area contributed by atoms with Crippen LogP contribution in [-0.4, -0.2) is 6.54 Å². The number of hydrogen-bond donors (Lipinski definition) is 2. The molecule has 12 heavy (non-hydrogen) atoms. The van der Waals surface area contributed by atoms with Gasteiger partial charge in [0.05, 0.1) is 0 Å². The van der Waals surface area contributed by atoms with Gasteiger partial charge in [0.15, 0.2) is 0 Å². The van der Waals surface area contributed by atoms with E-state index in [9.17, 15) is 8.78 Å². The lowest BCUT2D eigenvalue weighted by molar-refractivity contribution is 0.571. The average molecular weight is 189 g/mol. The predicted molar refractivity (Wildman–Crippen MR) is 47.1 cm³/mol. The van der Waals surface area contributed by atoms with Crippen LogP contribution in [0.1, 0.15) is 10.8 Å². The summed E-state index contributed by atoms with van der Waals surface area (Å²) in [6, 6.07) is 3.38. The summed E-state index contributed by atoms with van der Waals surface area (Å²) < 4.78 is 25.4. The predicted octanol–water partition coefficient (Wildman–Crippen LogP) is 1.89. The minimum absolute atomic E-state index is 0.228. The van der Waals surface area contributed by atoms with E-state index < -0.39 is 11.6 Å². The van der Waals surface area contributed by atoms with Crippen molar-refractivity contribution in [2.45, 2.75) is 5.25 Å². The Balaban J connectivity index is 3.01. The molecule has 0 heterocycles. The summed E-state index contributed by atoms with van der Waals surface area (Å²) in [4.78, 5) is 0. The average Bonchev–Trinajstić information content (AvgIpc) is 2.03. The minimum Gasteiger partial charge on any atom is -0.329 e. The fourth-order valence-electron chi connectivity index (χ4n) is 0.899. The second-order valence-corrected chi connectivity index (χ2v) is 3.04. The van der Waals surface area contributed by atoms with Gasteiger partial charge in [0, 0.05) is 23.4 Å². The molecule has 1 nitrogen and oxygen atoms in total. The van der Waals surface area contributed by atoms with Gasteiger partial charge in [-0.1, -0.05) is 6.07 Å². The molecule has 0 saturated carbocycles. The van der Waals surface area contributed by atoms with E-state index in [1.807, 2.05) is 0 Å². The van der Waals surface area contributed by atoms with Crippen LogP contribution in [0.5, 0.6) is 0 Å². The Kier molecular flexibility index (Phi) is 3.05. The van der Waals surface area contributed by atoms with Crippen molar-refractivity contribution < 1.29 is 8.78 Å². The first-order chi connectivity index (χ1) is 5.65. The van der Waals surface area contributed by atoms with Crippen LogP contribution in [0, 0.1) is 11.6 Å². The van der Waals surface area contributed by atoms with Crippen molar-refractivity contribution in [3.05, 3.63) is 35.4 Å². The summed E-state index contributed by atoms with van der Waals surface area (Å²) in [6.45, 7) is 0.228. The van der Waals surface area contributed by atoms with Gasteiger partial charge in [0.2, 0.25) is 0 Å². The summed E-state index contributed by atoms with van der Waals surface area (Å²) in [6.07, 6.45) is 0. The molecule has 0 aliphatic heterocycles. The Morgan fingerprint density at radius 1 is 1.42 bits per heavy atom. The van der Waals surface area contributed by atoms with Crippen molar-refractivity contribution in [3.63, 3.8) is 0 Å². The van der Waals surface area contributed by atoms with Crippen molar-refractivity contribution in [2.24, 2.45) is 5.73 Å². The maximum atomic E-state index is 12.9. The molecule has 1 atom stereocenters. The molecule has 0 fully saturated rings. The zero-order chi connectivity index (χ0) is 9.14. The van der Waals surface area contributed by atoms with Crippen molar-refractivity contribution in [3.8, 4) is 0 Å². The van der Waals surface area contributed by atoms with E-state index in [-0.39, 0.29) is 11.8 Å². The standard InChI is InChI=1S/C8H9F2NS/c9-5-1-2-6(7(10)3-5)8(12)4-11/h1-3,8,12H,4,11H2. The fourth-order valence-corrected chi connectivity index (χ4v) is 1.11. The molecule has 1 rings (SSSR count). The van der Waals surface area contributed by atoms with Crippen molar-refractivity contribution in [1.82, 2.24) is 0 Å². The van der Waals surface area contributed by atoms with Crippen LogP contribution in [0.2, 0.25) is 0 Å². The summed E-state index contributed by atoms with van der Waals surface area (Å²) >= 11 is 4.04. The molecule has 2 N–H and O–H groups in total. The van der Waals surface area contributed by atoms with E-state index in [1.165, 1.54) is 12.1 Å². The van der Waals surface area contributed by atoms with Crippen LogP contribution in [-0.2, 0) is 0 Å². The second-order valence-electron chi connectivity index (χ2n) is 2.42. The summed E-state index contributed by atoms with van der Waals surface area (Å²) in [7, 11) is 0. The molecule has 0 bridgehead atoms. The van der Waals surface area contributed by atoms with Crippen molar-refractivity contribution in [2.75, 3.05) is 6.54 Å². The van der Waals surface area contributed by atoms with Gasteiger partial charge in [-0.05, 0) is 6.07 Å². The lowest BCUT2D eigenvalue weighted by Gasteiger charge is -2.08. The van der Waals surface area contributed by atoms with Crippen molar-refractivity contribution in [1.29, 1.82) is 0 Å². The first-order valence-electron chi connectivity index (χ1n) is 3.48. The Labute approximate surface area is 75.0 Å². The van der Waals surface area contributed by atoms with Crippen molar-refractivity contribution >= 4 is 12.6 Å². The minimum atomic E-state index is -0.597. The van der Waals surface area contributed by atoms with E-state index >= 15 is 0 Å². The largest absolute Gasteiger partial charge is 0.329 e. The molecular weight excluding hydrogens is 180 g/mol. The highest BCUT2D eigenvalue weighted by Gasteiger charge is 2.10. The van der Waals surface area contributed by atoms with E-state index in [2.05, 4.69) is 12.6 Å². The van der Waals surface area contributed by atoms with Crippen LogP contribution >= 0.6 is 12.6 Å². The molecule has 66 valence electrons. The van der Waals surface area contributed by atoms with E-state index in [0.29, 0.717) is 5.56 Å². The number of benzene rings is 1. The maximum Gasteiger partial charge on any atom is 0.130 e. The molecule has 0 aliphatic rings. The van der Waals surface area contributed by atoms with Crippen LogP contribution < -0.4 is 5.73 Å². The molecular formula is C8H9F2NS. The van der Waals surface area contributed by atoms with Gasteiger partial charge >= 0.3 is 0 Å².